The Kier molecular flexibility index (Phi) is 2.87. The predicted molar refractivity (Wildman–Crippen MR) is 50.5 cm³/mol. The molecule has 64 valence electrons. The summed E-state index contributed by atoms with van der Waals surface area (Å²) in [5, 5.41) is 8.71. The average molecular weight is 229 g/mol. The van der Waals surface area contributed by atoms with Crippen molar-refractivity contribution in [3.8, 4) is 0 Å². The summed E-state index contributed by atoms with van der Waals surface area (Å²) in [7, 11) is 0. The van der Waals surface area contributed by atoms with Gasteiger partial charge in [-0.2, -0.15) is 0 Å². The van der Waals surface area contributed by atoms with Gasteiger partial charge >= 0.3 is 5.97 Å². The molecule has 0 fully saturated rings. The van der Waals surface area contributed by atoms with Crippen molar-refractivity contribution >= 4 is 21.9 Å². The Morgan fingerprint density at radius 3 is 2.58 bits per heavy atom. The quantitative estimate of drug-likeness (QED) is 0.791. The van der Waals surface area contributed by atoms with Gasteiger partial charge in [0.05, 0.1) is 0 Å². The van der Waals surface area contributed by atoms with E-state index in [0.29, 0.717) is 0 Å². The zero-order valence-corrected chi connectivity index (χ0v) is 8.21. The molecule has 0 saturated heterocycles. The van der Waals surface area contributed by atoms with Crippen LogP contribution in [0.25, 0.3) is 0 Å². The van der Waals surface area contributed by atoms with E-state index < -0.39 is 10.8 Å². The van der Waals surface area contributed by atoms with Crippen molar-refractivity contribution in [2.75, 3.05) is 0 Å². The molecule has 0 aliphatic heterocycles. The van der Waals surface area contributed by atoms with Gasteiger partial charge in [-0.15, -0.1) is 0 Å². The monoisotopic (exact) mass is 228 g/mol. The van der Waals surface area contributed by atoms with Crippen LogP contribution in [0.5, 0.6) is 0 Å². The molecule has 3 heteroatoms. The molecule has 0 aliphatic rings. The van der Waals surface area contributed by atoms with Crippen LogP contribution in [-0.2, 0) is 4.79 Å². The Hall–Kier alpha value is -0.830. The Morgan fingerprint density at radius 1 is 1.50 bits per heavy atom. The van der Waals surface area contributed by atoms with E-state index in [0.717, 1.165) is 11.1 Å². The number of carboxylic acids is 1. The summed E-state index contributed by atoms with van der Waals surface area (Å²) in [5.41, 5.74) is 1.80. The summed E-state index contributed by atoms with van der Waals surface area (Å²) < 4.78 is 0. The number of hydrogen-bond donors (Lipinski definition) is 1. The van der Waals surface area contributed by atoms with Crippen molar-refractivity contribution in [1.29, 1.82) is 0 Å². The number of benzene rings is 1. The number of halogens is 1. The molecule has 0 bridgehead atoms. The Bertz CT molecular complexity index is 296. The molecule has 0 amide bonds. The average Bonchev–Trinajstić information content (AvgIpc) is 2.04. The van der Waals surface area contributed by atoms with Gasteiger partial charge in [-0.1, -0.05) is 40.2 Å². The van der Waals surface area contributed by atoms with Gasteiger partial charge in [-0.25, -0.2) is 0 Å². The molecule has 0 aliphatic carbocycles. The van der Waals surface area contributed by atoms with Crippen molar-refractivity contribution in [3.05, 3.63) is 35.4 Å². The van der Waals surface area contributed by atoms with Crippen LogP contribution in [-0.4, -0.2) is 11.1 Å². The van der Waals surface area contributed by atoms with Crippen molar-refractivity contribution in [3.63, 3.8) is 0 Å². The zero-order chi connectivity index (χ0) is 9.14. The van der Waals surface area contributed by atoms with E-state index in [1.54, 1.807) is 0 Å². The second-order valence-corrected chi connectivity index (χ2v) is 3.47. The highest BCUT2D eigenvalue weighted by Crippen LogP contribution is 2.25. The van der Waals surface area contributed by atoms with Gasteiger partial charge in [0.25, 0.3) is 0 Å². The van der Waals surface area contributed by atoms with Crippen LogP contribution < -0.4 is 0 Å². The van der Waals surface area contributed by atoms with Gasteiger partial charge in [0, 0.05) is 0 Å². The van der Waals surface area contributed by atoms with E-state index in [4.69, 9.17) is 5.11 Å². The largest absolute Gasteiger partial charge is 0.480 e. The smallest absolute Gasteiger partial charge is 0.321 e. The van der Waals surface area contributed by atoms with E-state index in [1.807, 2.05) is 31.2 Å². The fourth-order valence-electron chi connectivity index (χ4n) is 1.00. The van der Waals surface area contributed by atoms with E-state index >= 15 is 0 Å². The second kappa shape index (κ2) is 3.72. The number of carboxylic acid groups (broad SMARTS) is 1. The summed E-state index contributed by atoms with van der Waals surface area (Å²) in [6.45, 7) is 1.90. The number of aryl methyl sites for hydroxylation is 1. The summed E-state index contributed by atoms with van der Waals surface area (Å²) in [6.07, 6.45) is 0. The van der Waals surface area contributed by atoms with Crippen LogP contribution in [0.15, 0.2) is 24.3 Å². The Balaban J connectivity index is 3.02. The number of carbonyl (C=O) groups is 1. The van der Waals surface area contributed by atoms with E-state index in [-0.39, 0.29) is 0 Å². The van der Waals surface area contributed by atoms with Crippen LogP contribution in [0.4, 0.5) is 0 Å². The van der Waals surface area contributed by atoms with Gasteiger partial charge in [0.2, 0.25) is 0 Å². The highest BCUT2D eigenvalue weighted by atomic mass is 79.9. The third-order valence-corrected chi connectivity index (χ3v) is 2.56. The minimum Gasteiger partial charge on any atom is -0.480 e. The van der Waals surface area contributed by atoms with Crippen molar-refractivity contribution in [1.82, 2.24) is 0 Å². The fraction of sp³-hybridized carbons (Fsp3) is 0.222. The third-order valence-electron chi connectivity index (χ3n) is 1.68. The van der Waals surface area contributed by atoms with Crippen LogP contribution >= 0.6 is 15.9 Å². The molecule has 12 heavy (non-hydrogen) atoms. The maximum absolute atomic E-state index is 10.6. The maximum Gasteiger partial charge on any atom is 0.321 e. The number of rotatable bonds is 2. The Labute approximate surface area is 79.3 Å². The third kappa shape index (κ3) is 1.85. The lowest BCUT2D eigenvalue weighted by atomic mass is 10.1. The molecule has 1 aromatic rings. The summed E-state index contributed by atoms with van der Waals surface area (Å²) >= 11 is 3.10. The molecule has 0 heterocycles. The number of aliphatic carboxylic acids is 1. The molecule has 0 spiro atoms. The van der Waals surface area contributed by atoms with Crippen LogP contribution in [0.3, 0.4) is 0 Å². The van der Waals surface area contributed by atoms with Crippen LogP contribution in [0.1, 0.15) is 16.0 Å². The molecule has 1 rings (SSSR count). The molecule has 2 nitrogen and oxygen atoms in total. The predicted octanol–water partition coefficient (Wildman–Crippen LogP) is 2.52. The maximum atomic E-state index is 10.6. The molecule has 1 atom stereocenters. The molecule has 0 radical (unpaired) electrons. The van der Waals surface area contributed by atoms with E-state index in [9.17, 15) is 4.79 Å². The SMILES string of the molecule is Cc1ccccc1[C@H](Br)C(=O)O. The molecule has 0 unspecified atom stereocenters. The van der Waals surface area contributed by atoms with Crippen molar-refractivity contribution in [2.24, 2.45) is 0 Å². The van der Waals surface area contributed by atoms with Crippen LogP contribution in [0.2, 0.25) is 0 Å². The van der Waals surface area contributed by atoms with E-state index in [1.165, 1.54) is 0 Å². The lowest BCUT2D eigenvalue weighted by Crippen LogP contribution is -2.05. The lowest BCUT2D eigenvalue weighted by Gasteiger charge is -2.07. The minimum absolute atomic E-state index is 0.598. The number of alkyl halides is 1. The van der Waals surface area contributed by atoms with Crippen molar-refractivity contribution in [2.45, 2.75) is 11.8 Å². The molecule has 0 saturated carbocycles. The zero-order valence-electron chi connectivity index (χ0n) is 6.62. The minimum atomic E-state index is -0.857. The molecular formula is C9H9BrO2. The lowest BCUT2D eigenvalue weighted by molar-refractivity contribution is -0.136. The molecule has 1 aromatic carbocycles. The molecular weight excluding hydrogens is 220 g/mol. The van der Waals surface area contributed by atoms with Crippen molar-refractivity contribution < 1.29 is 9.90 Å². The summed E-state index contributed by atoms with van der Waals surface area (Å²) in [4.78, 5) is 10.0. The Morgan fingerprint density at radius 2 is 2.08 bits per heavy atom. The van der Waals surface area contributed by atoms with Gasteiger partial charge in [0.1, 0.15) is 4.83 Å². The van der Waals surface area contributed by atoms with Gasteiger partial charge in [-0.05, 0) is 18.1 Å². The van der Waals surface area contributed by atoms with Gasteiger partial charge < -0.3 is 5.11 Å². The molecule has 0 aromatic heterocycles. The topological polar surface area (TPSA) is 37.3 Å². The fourth-order valence-corrected chi connectivity index (χ4v) is 1.52. The number of hydrogen-bond acceptors (Lipinski definition) is 1. The first-order valence-corrected chi connectivity index (χ1v) is 4.47. The highest BCUT2D eigenvalue weighted by molar-refractivity contribution is 9.09. The van der Waals surface area contributed by atoms with Gasteiger partial charge in [0.15, 0.2) is 0 Å². The normalized spacial score (nSPS) is 12.5. The second-order valence-electron chi connectivity index (χ2n) is 2.56. The summed E-state index contributed by atoms with van der Waals surface area (Å²) in [6, 6.07) is 7.43. The van der Waals surface area contributed by atoms with Crippen LogP contribution in [0, 0.1) is 6.92 Å². The first-order chi connectivity index (χ1) is 5.63. The summed E-state index contributed by atoms with van der Waals surface area (Å²) in [5.74, 6) is -0.857. The highest BCUT2D eigenvalue weighted by Gasteiger charge is 2.16. The standard InChI is InChI=1S/C9H9BrO2/c1-6-4-2-3-5-7(6)8(10)9(11)12/h2-5,8H,1H3,(H,11,12)/t8-/m0/s1. The molecule has 1 N–H and O–H groups in total. The first-order valence-electron chi connectivity index (χ1n) is 3.55. The first kappa shape index (κ1) is 9.26. The van der Waals surface area contributed by atoms with E-state index in [2.05, 4.69) is 15.9 Å². The van der Waals surface area contributed by atoms with Gasteiger partial charge in [-0.3, -0.25) is 4.79 Å².